The largest absolute Gasteiger partial charge is 0.357 e. The monoisotopic (exact) mass is 320 g/mol. The molecule has 0 bridgehead atoms. The van der Waals surface area contributed by atoms with E-state index >= 15 is 0 Å². The number of nitrogens with one attached hydrogen (secondary N) is 2. The smallest absolute Gasteiger partial charge is 0.123 e. The molecule has 2 aromatic carbocycles. The standard InChI is InChI=1S/C21H21FN2/c1-14(19-8-4-6-15-5-2-3-7-20(15)19)23-13-18-12-16-11-17(22)9-10-21(16)24-18/h2-3,5-7,9-12,14,23-24H,4,8,13H2,1H3. The first kappa shape index (κ1) is 15.2. The molecular formula is C21H21FN2. The van der Waals surface area contributed by atoms with Crippen LogP contribution in [0.4, 0.5) is 4.39 Å². The second kappa shape index (κ2) is 6.25. The van der Waals surface area contributed by atoms with Gasteiger partial charge < -0.3 is 10.3 Å². The van der Waals surface area contributed by atoms with Crippen molar-refractivity contribution in [1.29, 1.82) is 0 Å². The second-order valence-corrected chi connectivity index (χ2v) is 6.48. The number of aromatic amines is 1. The molecule has 0 radical (unpaired) electrons. The number of hydrogen-bond acceptors (Lipinski definition) is 1. The molecule has 0 aliphatic heterocycles. The van der Waals surface area contributed by atoms with Crippen molar-refractivity contribution in [3.63, 3.8) is 0 Å². The maximum absolute atomic E-state index is 13.3. The maximum atomic E-state index is 13.3. The van der Waals surface area contributed by atoms with Gasteiger partial charge in [0.1, 0.15) is 5.82 Å². The Labute approximate surface area is 140 Å². The summed E-state index contributed by atoms with van der Waals surface area (Å²) in [5.41, 5.74) is 3.53. The summed E-state index contributed by atoms with van der Waals surface area (Å²) in [6.45, 7) is 2.96. The molecule has 0 fully saturated rings. The number of fused-ring (bicyclic) bond motifs is 2. The average Bonchev–Trinajstić information content (AvgIpc) is 3.01. The molecule has 3 heteroatoms. The highest BCUT2D eigenvalue weighted by Gasteiger charge is 2.12. The predicted molar refractivity (Wildman–Crippen MR) is 97.4 cm³/mol. The second-order valence-electron chi connectivity index (χ2n) is 6.48. The lowest BCUT2D eigenvalue weighted by Gasteiger charge is -2.20. The van der Waals surface area contributed by atoms with Crippen molar-refractivity contribution < 1.29 is 4.39 Å². The van der Waals surface area contributed by atoms with Gasteiger partial charge in [-0.05, 0) is 60.0 Å². The topological polar surface area (TPSA) is 27.8 Å². The van der Waals surface area contributed by atoms with Crippen LogP contribution in [-0.2, 0) is 6.54 Å². The van der Waals surface area contributed by atoms with Gasteiger partial charge in [0, 0.05) is 29.2 Å². The first-order valence-electron chi connectivity index (χ1n) is 8.49. The van der Waals surface area contributed by atoms with Gasteiger partial charge in [0.15, 0.2) is 0 Å². The average molecular weight is 320 g/mol. The molecule has 4 rings (SSSR count). The van der Waals surface area contributed by atoms with Crippen molar-refractivity contribution in [2.45, 2.75) is 32.4 Å². The lowest BCUT2D eigenvalue weighted by molar-refractivity contribution is 0.623. The molecule has 1 unspecified atom stereocenters. The van der Waals surface area contributed by atoms with E-state index in [0.717, 1.165) is 36.0 Å². The Balaban J connectivity index is 1.56. The van der Waals surface area contributed by atoms with Crippen LogP contribution in [0.2, 0.25) is 0 Å². The molecule has 2 N–H and O–H groups in total. The highest BCUT2D eigenvalue weighted by atomic mass is 19.1. The van der Waals surface area contributed by atoms with Gasteiger partial charge in [-0.3, -0.25) is 0 Å². The van der Waals surface area contributed by atoms with Crippen LogP contribution in [-0.4, -0.2) is 11.0 Å². The van der Waals surface area contributed by atoms with Crippen LogP contribution in [0, 0.1) is 5.82 Å². The van der Waals surface area contributed by atoms with Gasteiger partial charge in [-0.1, -0.05) is 30.3 Å². The van der Waals surface area contributed by atoms with Gasteiger partial charge in [0.05, 0.1) is 0 Å². The van der Waals surface area contributed by atoms with E-state index in [1.807, 2.05) is 6.07 Å². The highest BCUT2D eigenvalue weighted by molar-refractivity contribution is 5.80. The van der Waals surface area contributed by atoms with Crippen LogP contribution in [0.1, 0.15) is 25.5 Å². The van der Waals surface area contributed by atoms with E-state index in [0.29, 0.717) is 6.04 Å². The fraction of sp³-hybridized carbons (Fsp3) is 0.238. The van der Waals surface area contributed by atoms with Gasteiger partial charge in [-0.25, -0.2) is 4.39 Å². The van der Waals surface area contributed by atoms with Crippen molar-refractivity contribution >= 4 is 22.6 Å². The molecule has 2 nitrogen and oxygen atoms in total. The van der Waals surface area contributed by atoms with Crippen molar-refractivity contribution in [3.05, 3.63) is 70.5 Å². The van der Waals surface area contributed by atoms with Crippen LogP contribution in [0.25, 0.3) is 22.6 Å². The summed E-state index contributed by atoms with van der Waals surface area (Å²) in [6.07, 6.45) is 4.52. The Morgan fingerprint density at radius 3 is 2.96 bits per heavy atom. The fourth-order valence-corrected chi connectivity index (χ4v) is 3.58. The van der Waals surface area contributed by atoms with Crippen LogP contribution in [0.15, 0.2) is 48.5 Å². The minimum Gasteiger partial charge on any atom is -0.357 e. The number of halogens is 1. The Bertz CT molecular complexity index is 1000. The number of aromatic nitrogens is 1. The molecule has 0 spiro atoms. The zero-order chi connectivity index (χ0) is 16.5. The van der Waals surface area contributed by atoms with E-state index in [-0.39, 0.29) is 5.82 Å². The van der Waals surface area contributed by atoms with Gasteiger partial charge in [-0.2, -0.15) is 0 Å². The predicted octanol–water partition coefficient (Wildman–Crippen LogP) is 3.21. The molecule has 0 saturated heterocycles. The summed E-state index contributed by atoms with van der Waals surface area (Å²) >= 11 is 0. The molecule has 0 saturated carbocycles. The zero-order valence-electron chi connectivity index (χ0n) is 13.8. The SMILES string of the molecule is CC(NCc1cc2cc(F)ccc2[nH]1)C1=c2ccccc2=CCC1. The molecule has 0 amide bonds. The van der Waals surface area contributed by atoms with Crippen molar-refractivity contribution in [1.82, 2.24) is 10.3 Å². The van der Waals surface area contributed by atoms with E-state index in [9.17, 15) is 4.39 Å². The molecule has 1 aromatic heterocycles. The first-order valence-corrected chi connectivity index (χ1v) is 8.49. The quantitative estimate of drug-likeness (QED) is 0.759. The van der Waals surface area contributed by atoms with Gasteiger partial charge in [0.25, 0.3) is 0 Å². The Kier molecular flexibility index (Phi) is 3.95. The summed E-state index contributed by atoms with van der Waals surface area (Å²) in [4.78, 5) is 3.36. The molecule has 1 heterocycles. The molecule has 3 aromatic rings. The lowest BCUT2D eigenvalue weighted by atomic mass is 9.94. The van der Waals surface area contributed by atoms with E-state index in [2.05, 4.69) is 47.6 Å². The summed E-state index contributed by atoms with van der Waals surface area (Å²) in [6, 6.07) is 15.8. The third-order valence-electron chi connectivity index (χ3n) is 4.84. The fourth-order valence-electron chi connectivity index (χ4n) is 3.58. The van der Waals surface area contributed by atoms with E-state index in [1.54, 1.807) is 12.1 Å². The summed E-state index contributed by atoms with van der Waals surface area (Å²) < 4.78 is 13.3. The molecule has 122 valence electrons. The molecule has 1 atom stereocenters. The van der Waals surface area contributed by atoms with Crippen LogP contribution < -0.4 is 15.8 Å². The van der Waals surface area contributed by atoms with Gasteiger partial charge in [0.2, 0.25) is 0 Å². The van der Waals surface area contributed by atoms with E-state index in [4.69, 9.17) is 0 Å². The van der Waals surface area contributed by atoms with Crippen LogP contribution >= 0.6 is 0 Å². The van der Waals surface area contributed by atoms with E-state index < -0.39 is 0 Å². The minimum atomic E-state index is -0.194. The van der Waals surface area contributed by atoms with E-state index in [1.165, 1.54) is 22.1 Å². The zero-order valence-corrected chi connectivity index (χ0v) is 13.8. The molecule has 1 aliphatic rings. The number of hydrogen-bond donors (Lipinski definition) is 2. The third-order valence-corrected chi connectivity index (χ3v) is 4.84. The summed E-state index contributed by atoms with van der Waals surface area (Å²) in [7, 11) is 0. The third kappa shape index (κ3) is 2.87. The molecular weight excluding hydrogens is 299 g/mol. The lowest BCUT2D eigenvalue weighted by Crippen LogP contribution is -2.37. The van der Waals surface area contributed by atoms with Crippen molar-refractivity contribution in [2.75, 3.05) is 0 Å². The highest BCUT2D eigenvalue weighted by Crippen LogP contribution is 2.18. The summed E-state index contributed by atoms with van der Waals surface area (Å²) in [5.74, 6) is -0.194. The van der Waals surface area contributed by atoms with Crippen LogP contribution in [0.5, 0.6) is 0 Å². The molecule has 24 heavy (non-hydrogen) atoms. The Morgan fingerprint density at radius 1 is 1.17 bits per heavy atom. The maximum Gasteiger partial charge on any atom is 0.123 e. The summed E-state index contributed by atoms with van der Waals surface area (Å²) in [5, 5.41) is 7.23. The Hall–Kier alpha value is -2.39. The first-order chi connectivity index (χ1) is 11.7. The van der Waals surface area contributed by atoms with Crippen molar-refractivity contribution in [3.8, 4) is 0 Å². The number of benzene rings is 2. The van der Waals surface area contributed by atoms with Gasteiger partial charge >= 0.3 is 0 Å². The van der Waals surface area contributed by atoms with Crippen molar-refractivity contribution in [2.24, 2.45) is 0 Å². The molecule has 1 aliphatic carbocycles. The number of H-pyrrole nitrogens is 1. The minimum absolute atomic E-state index is 0.194. The number of rotatable bonds is 4. The van der Waals surface area contributed by atoms with Gasteiger partial charge in [-0.15, -0.1) is 0 Å². The van der Waals surface area contributed by atoms with Crippen LogP contribution in [0.3, 0.4) is 0 Å². The normalized spacial score (nSPS) is 15.2. The Morgan fingerprint density at radius 2 is 2.04 bits per heavy atom.